The van der Waals surface area contributed by atoms with E-state index in [-0.39, 0.29) is 57.6 Å². The first kappa shape index (κ1) is 22.5. The first-order valence-electron chi connectivity index (χ1n) is 9.25. The molecule has 0 fully saturated rings. The molecule has 1 aromatic heterocycles. The number of fused-ring (bicyclic) bond motifs is 1. The summed E-state index contributed by atoms with van der Waals surface area (Å²) >= 11 is 0. The van der Waals surface area contributed by atoms with Crippen molar-refractivity contribution in [3.63, 3.8) is 0 Å². The van der Waals surface area contributed by atoms with Crippen LogP contribution in [0.1, 0.15) is 44.2 Å². The summed E-state index contributed by atoms with van der Waals surface area (Å²) in [7, 11) is 5.50. The summed E-state index contributed by atoms with van der Waals surface area (Å²) in [4.78, 5) is 37.6. The van der Waals surface area contributed by atoms with Crippen LogP contribution < -0.4 is 19.9 Å². The Bertz CT molecular complexity index is 1150. The number of aliphatic hydroxyl groups is 1. The summed E-state index contributed by atoms with van der Waals surface area (Å²) < 4.78 is 26.5. The number of hydrogen-bond donors (Lipinski definition) is 2. The molecular formula is C22H21NO9. The fourth-order valence-corrected chi connectivity index (χ4v) is 3.35. The van der Waals surface area contributed by atoms with E-state index in [4.69, 9.17) is 29.1 Å². The SMILES string of the molecule is COC1=C(O)c2oc(/C=C/C(N)=O)c(C(=O)c3cc(OC)c(OC)c(OC)c3)c2C(=O)C1. The summed E-state index contributed by atoms with van der Waals surface area (Å²) in [6.45, 7) is 0. The van der Waals surface area contributed by atoms with E-state index in [2.05, 4.69) is 0 Å². The highest BCUT2D eigenvalue weighted by Crippen LogP contribution is 2.41. The Morgan fingerprint density at radius 3 is 2.19 bits per heavy atom. The van der Waals surface area contributed by atoms with E-state index in [0.717, 1.165) is 12.2 Å². The molecule has 168 valence electrons. The van der Waals surface area contributed by atoms with Gasteiger partial charge in [-0.25, -0.2) is 0 Å². The van der Waals surface area contributed by atoms with E-state index in [1.54, 1.807) is 0 Å². The Hall–Kier alpha value is -4.21. The highest BCUT2D eigenvalue weighted by atomic mass is 16.5. The van der Waals surface area contributed by atoms with Gasteiger partial charge in [0.2, 0.25) is 11.7 Å². The van der Waals surface area contributed by atoms with Gasteiger partial charge in [0.1, 0.15) is 11.5 Å². The second-order valence-electron chi connectivity index (χ2n) is 6.60. The van der Waals surface area contributed by atoms with Crippen molar-refractivity contribution in [2.45, 2.75) is 6.42 Å². The number of amides is 1. The number of carbonyl (C=O) groups excluding carboxylic acids is 3. The van der Waals surface area contributed by atoms with Crippen molar-refractivity contribution in [3.05, 3.63) is 52.2 Å². The molecule has 1 heterocycles. The van der Waals surface area contributed by atoms with Crippen molar-refractivity contribution in [1.82, 2.24) is 0 Å². The van der Waals surface area contributed by atoms with Gasteiger partial charge in [-0.05, 0) is 18.2 Å². The van der Waals surface area contributed by atoms with Gasteiger partial charge in [-0.1, -0.05) is 0 Å². The maximum Gasteiger partial charge on any atom is 0.241 e. The molecule has 10 heteroatoms. The Morgan fingerprint density at radius 2 is 1.69 bits per heavy atom. The lowest BCUT2D eigenvalue weighted by molar-refractivity contribution is -0.113. The molecule has 1 amide bonds. The zero-order valence-corrected chi connectivity index (χ0v) is 17.8. The molecule has 3 N–H and O–H groups in total. The van der Waals surface area contributed by atoms with Gasteiger partial charge in [0.15, 0.2) is 34.6 Å². The van der Waals surface area contributed by atoms with Crippen LogP contribution in [-0.4, -0.2) is 51.0 Å². The Kier molecular flexibility index (Phi) is 6.24. The molecule has 0 bridgehead atoms. The van der Waals surface area contributed by atoms with E-state index in [1.165, 1.54) is 40.6 Å². The number of furan rings is 1. The molecule has 10 nitrogen and oxygen atoms in total. The normalized spacial score (nSPS) is 13.2. The van der Waals surface area contributed by atoms with Crippen LogP contribution in [0.5, 0.6) is 17.2 Å². The van der Waals surface area contributed by atoms with Gasteiger partial charge in [-0.3, -0.25) is 14.4 Å². The molecule has 1 aliphatic carbocycles. The molecule has 2 aromatic rings. The van der Waals surface area contributed by atoms with Crippen molar-refractivity contribution >= 4 is 29.3 Å². The zero-order valence-electron chi connectivity index (χ0n) is 17.8. The second kappa shape index (κ2) is 8.88. The average molecular weight is 443 g/mol. The number of primary amides is 1. The third-order valence-electron chi connectivity index (χ3n) is 4.81. The second-order valence-corrected chi connectivity index (χ2v) is 6.60. The fourth-order valence-electron chi connectivity index (χ4n) is 3.35. The molecular weight excluding hydrogens is 422 g/mol. The maximum atomic E-state index is 13.5. The molecule has 3 rings (SSSR count). The molecule has 0 aliphatic heterocycles. The lowest BCUT2D eigenvalue weighted by Gasteiger charge is -2.15. The number of Topliss-reactive ketones (excluding diaryl/α,β-unsaturated/α-hetero) is 1. The van der Waals surface area contributed by atoms with Crippen LogP contribution in [0.15, 0.2) is 28.4 Å². The van der Waals surface area contributed by atoms with Crippen LogP contribution in [0.3, 0.4) is 0 Å². The summed E-state index contributed by atoms with van der Waals surface area (Å²) in [5.74, 6) is -2.02. The van der Waals surface area contributed by atoms with Crippen molar-refractivity contribution in [3.8, 4) is 17.2 Å². The van der Waals surface area contributed by atoms with Crippen molar-refractivity contribution in [2.24, 2.45) is 5.73 Å². The number of benzene rings is 1. The zero-order chi connectivity index (χ0) is 23.6. The molecule has 0 radical (unpaired) electrons. The molecule has 0 saturated heterocycles. The number of carbonyl (C=O) groups is 3. The number of allylic oxidation sites excluding steroid dienone is 1. The average Bonchev–Trinajstić information content (AvgIpc) is 3.18. The van der Waals surface area contributed by atoms with Crippen LogP contribution in [0.25, 0.3) is 11.8 Å². The number of ether oxygens (including phenoxy) is 4. The van der Waals surface area contributed by atoms with E-state index in [9.17, 15) is 19.5 Å². The summed E-state index contributed by atoms with van der Waals surface area (Å²) in [6.07, 6.45) is 1.85. The van der Waals surface area contributed by atoms with Crippen LogP contribution in [-0.2, 0) is 9.53 Å². The van der Waals surface area contributed by atoms with E-state index in [1.807, 2.05) is 0 Å². The molecule has 0 unspecified atom stereocenters. The molecule has 1 aromatic carbocycles. The minimum absolute atomic E-state index is 0.00605. The Labute approximate surface area is 182 Å². The van der Waals surface area contributed by atoms with Gasteiger partial charge in [-0.2, -0.15) is 0 Å². The molecule has 0 atom stereocenters. The Morgan fingerprint density at radius 1 is 1.06 bits per heavy atom. The molecule has 32 heavy (non-hydrogen) atoms. The van der Waals surface area contributed by atoms with Crippen LogP contribution in [0.4, 0.5) is 0 Å². The van der Waals surface area contributed by atoms with E-state index >= 15 is 0 Å². The smallest absolute Gasteiger partial charge is 0.241 e. The van der Waals surface area contributed by atoms with Crippen LogP contribution in [0.2, 0.25) is 0 Å². The number of methoxy groups -OCH3 is 4. The molecule has 1 aliphatic rings. The predicted octanol–water partition coefficient (Wildman–Crippen LogP) is 2.49. The number of ketones is 2. The quantitative estimate of drug-likeness (QED) is 0.464. The largest absolute Gasteiger partial charge is 0.502 e. The highest BCUT2D eigenvalue weighted by molar-refractivity contribution is 6.20. The van der Waals surface area contributed by atoms with Gasteiger partial charge >= 0.3 is 0 Å². The van der Waals surface area contributed by atoms with Crippen LogP contribution in [0, 0.1) is 0 Å². The van der Waals surface area contributed by atoms with E-state index in [0.29, 0.717) is 0 Å². The number of nitrogens with two attached hydrogens (primary N) is 1. The summed E-state index contributed by atoms with van der Waals surface area (Å²) in [6, 6.07) is 2.82. The van der Waals surface area contributed by atoms with Gasteiger partial charge in [0.05, 0.1) is 46.0 Å². The fraction of sp³-hybridized carbons (Fsp3) is 0.227. The van der Waals surface area contributed by atoms with Gasteiger partial charge < -0.3 is 34.2 Å². The van der Waals surface area contributed by atoms with E-state index < -0.39 is 23.2 Å². The predicted molar refractivity (Wildman–Crippen MR) is 112 cm³/mol. The minimum atomic E-state index is -0.797. The maximum absolute atomic E-state index is 13.5. The van der Waals surface area contributed by atoms with Crippen molar-refractivity contribution in [1.29, 1.82) is 0 Å². The first-order chi connectivity index (χ1) is 15.3. The molecule has 0 saturated carbocycles. The monoisotopic (exact) mass is 443 g/mol. The van der Waals surface area contributed by atoms with Gasteiger partial charge in [0, 0.05) is 11.6 Å². The Balaban J connectivity index is 2.28. The highest BCUT2D eigenvalue weighted by Gasteiger charge is 2.37. The summed E-state index contributed by atoms with van der Waals surface area (Å²) in [5, 5.41) is 10.5. The van der Waals surface area contributed by atoms with Crippen molar-refractivity contribution < 1.29 is 42.9 Å². The topological polar surface area (TPSA) is 148 Å². The number of rotatable bonds is 8. The number of aliphatic hydroxyl groups excluding tert-OH is 1. The summed E-state index contributed by atoms with van der Waals surface area (Å²) in [5.41, 5.74) is 4.96. The lowest BCUT2D eigenvalue weighted by atomic mass is 9.91. The molecule has 0 spiro atoms. The minimum Gasteiger partial charge on any atom is -0.502 e. The standard InChI is InChI=1S/C22H21NO9/c1-28-13-9-11(24)17-18(12(5-6-16(23)25)32-22(17)20(13)27)19(26)10-7-14(29-2)21(31-4)15(8-10)30-3/h5-8,27H,9H2,1-4H3,(H2,23,25)/b6-5+. The van der Waals surface area contributed by atoms with Gasteiger partial charge in [0.25, 0.3) is 0 Å². The third-order valence-corrected chi connectivity index (χ3v) is 4.81. The van der Waals surface area contributed by atoms with Crippen LogP contribution >= 0.6 is 0 Å². The van der Waals surface area contributed by atoms with Gasteiger partial charge in [-0.15, -0.1) is 0 Å². The lowest BCUT2D eigenvalue weighted by Crippen LogP contribution is -2.16. The number of hydrogen-bond acceptors (Lipinski definition) is 9. The van der Waals surface area contributed by atoms with Crippen molar-refractivity contribution in [2.75, 3.05) is 28.4 Å². The first-order valence-corrected chi connectivity index (χ1v) is 9.25. The third kappa shape index (κ3) is 3.78.